The van der Waals surface area contributed by atoms with Gasteiger partial charge in [-0.05, 0) is 23.6 Å². The highest BCUT2D eigenvalue weighted by molar-refractivity contribution is 6.00. The maximum Gasteiger partial charge on any atom is 0.159 e. The van der Waals surface area contributed by atoms with E-state index < -0.39 is 0 Å². The number of nitrogens with one attached hydrogen (secondary N) is 2. The van der Waals surface area contributed by atoms with Gasteiger partial charge in [0.25, 0.3) is 0 Å². The third-order valence-corrected chi connectivity index (χ3v) is 5.29. The zero-order valence-corrected chi connectivity index (χ0v) is 15.6. The third-order valence-electron chi connectivity index (χ3n) is 5.29. The van der Waals surface area contributed by atoms with Gasteiger partial charge in [-0.2, -0.15) is 5.10 Å². The van der Waals surface area contributed by atoms with Crippen molar-refractivity contribution >= 4 is 39.1 Å². The average Bonchev–Trinajstić information content (AvgIpc) is 3.42. The minimum absolute atomic E-state index is 0.537. The largest absolute Gasteiger partial charge is 0.337 e. The van der Waals surface area contributed by atoms with Crippen LogP contribution in [0.2, 0.25) is 0 Å². The van der Waals surface area contributed by atoms with Crippen LogP contribution in [0.15, 0.2) is 67.1 Å². The van der Waals surface area contributed by atoms with E-state index in [1.54, 1.807) is 6.07 Å². The summed E-state index contributed by atoms with van der Waals surface area (Å²) in [6, 6.07) is 15.6. The lowest BCUT2D eigenvalue weighted by Crippen LogP contribution is -1.87. The number of nitrogens with zero attached hydrogens (tertiary/aromatic N) is 4. The molecule has 0 unspecified atom stereocenters. The molecule has 4 heterocycles. The van der Waals surface area contributed by atoms with Crippen LogP contribution in [0.25, 0.3) is 55.5 Å². The molecule has 0 saturated heterocycles. The first-order valence-corrected chi connectivity index (χ1v) is 9.43. The topological polar surface area (TPSA) is 100 Å². The summed E-state index contributed by atoms with van der Waals surface area (Å²) >= 11 is 0. The van der Waals surface area contributed by atoms with Crippen molar-refractivity contribution in [3.8, 4) is 22.6 Å². The molecule has 7 heteroatoms. The lowest BCUT2D eigenvalue weighted by Gasteiger charge is -2.06. The summed E-state index contributed by atoms with van der Waals surface area (Å²) < 4.78 is 0. The molecular weight excluding hydrogens is 376 g/mol. The Hall–Kier alpha value is -4.39. The fraction of sp³-hybridized carbons (Fsp3) is 0. The van der Waals surface area contributed by atoms with Gasteiger partial charge in [0.2, 0.25) is 0 Å². The van der Waals surface area contributed by atoms with Gasteiger partial charge in [0.05, 0.1) is 16.4 Å². The SMILES string of the molecule is O=Cc1cccc2[nH]c(-c3n[nH]c4ncc(-c5cncc6ccccc56)cc34)nc12. The molecule has 0 atom stereocenters. The number of rotatable bonds is 3. The van der Waals surface area contributed by atoms with Crippen LogP contribution in [-0.4, -0.2) is 36.4 Å². The standard InChI is InChI=1S/C23H14N6O/c30-12-14-5-3-7-19-20(14)27-23(26-19)21-17-8-15(10-25-22(17)29-28-21)18-11-24-9-13-4-1-2-6-16(13)18/h1-12H,(H,26,27)(H,25,28,29). The second-order valence-electron chi connectivity index (χ2n) is 7.05. The predicted octanol–water partition coefficient (Wildman–Crippen LogP) is 4.53. The summed E-state index contributed by atoms with van der Waals surface area (Å²) in [5.74, 6) is 0.584. The first-order chi connectivity index (χ1) is 14.8. The van der Waals surface area contributed by atoms with E-state index in [0.29, 0.717) is 28.2 Å². The van der Waals surface area contributed by atoms with Crippen LogP contribution in [0.5, 0.6) is 0 Å². The second-order valence-corrected chi connectivity index (χ2v) is 7.05. The highest BCUT2D eigenvalue weighted by atomic mass is 16.1. The molecular formula is C23H14N6O. The van der Waals surface area contributed by atoms with Crippen molar-refractivity contribution in [3.63, 3.8) is 0 Å². The Bertz CT molecular complexity index is 1570. The number of imidazole rings is 1. The molecule has 6 rings (SSSR count). The Kier molecular flexibility index (Phi) is 3.48. The van der Waals surface area contributed by atoms with Crippen LogP contribution in [0.3, 0.4) is 0 Å². The van der Waals surface area contributed by atoms with Crippen molar-refractivity contribution in [3.05, 3.63) is 72.7 Å². The Labute approximate surface area is 169 Å². The number of H-pyrrole nitrogens is 2. The monoisotopic (exact) mass is 390 g/mol. The van der Waals surface area contributed by atoms with Crippen LogP contribution < -0.4 is 0 Å². The van der Waals surface area contributed by atoms with Crippen molar-refractivity contribution in [2.24, 2.45) is 0 Å². The number of benzene rings is 2. The highest BCUT2D eigenvalue weighted by Gasteiger charge is 2.16. The molecule has 0 aliphatic rings. The summed E-state index contributed by atoms with van der Waals surface area (Å²) in [5, 5.41) is 10.4. The van der Waals surface area contributed by atoms with E-state index >= 15 is 0 Å². The van der Waals surface area contributed by atoms with E-state index in [9.17, 15) is 4.79 Å². The minimum Gasteiger partial charge on any atom is -0.337 e. The van der Waals surface area contributed by atoms with Gasteiger partial charge in [0.15, 0.2) is 17.8 Å². The number of aromatic nitrogens is 6. The van der Waals surface area contributed by atoms with E-state index in [1.165, 1.54) is 0 Å². The van der Waals surface area contributed by atoms with Gasteiger partial charge in [0, 0.05) is 40.7 Å². The van der Waals surface area contributed by atoms with Crippen LogP contribution in [0.1, 0.15) is 10.4 Å². The molecule has 0 saturated carbocycles. The zero-order chi connectivity index (χ0) is 20.1. The molecule has 7 nitrogen and oxygen atoms in total. The van der Waals surface area contributed by atoms with Crippen molar-refractivity contribution in [1.29, 1.82) is 0 Å². The summed E-state index contributed by atoms with van der Waals surface area (Å²) in [5.41, 5.74) is 5.21. The summed E-state index contributed by atoms with van der Waals surface area (Å²) in [4.78, 5) is 28.2. The lowest BCUT2D eigenvalue weighted by atomic mass is 10.0. The van der Waals surface area contributed by atoms with Crippen LogP contribution in [0.4, 0.5) is 0 Å². The molecule has 0 radical (unpaired) electrons. The molecule has 142 valence electrons. The molecule has 6 aromatic rings. The van der Waals surface area contributed by atoms with E-state index in [-0.39, 0.29) is 0 Å². The van der Waals surface area contributed by atoms with Gasteiger partial charge in [-0.3, -0.25) is 14.9 Å². The quantitative estimate of drug-likeness (QED) is 0.433. The summed E-state index contributed by atoms with van der Waals surface area (Å²) in [6.45, 7) is 0. The molecule has 0 fully saturated rings. The number of carbonyl (C=O) groups excluding carboxylic acids is 1. The van der Waals surface area contributed by atoms with Crippen molar-refractivity contribution in [2.75, 3.05) is 0 Å². The smallest absolute Gasteiger partial charge is 0.159 e. The second kappa shape index (κ2) is 6.31. The van der Waals surface area contributed by atoms with Gasteiger partial charge in [-0.25, -0.2) is 9.97 Å². The average molecular weight is 390 g/mol. The summed E-state index contributed by atoms with van der Waals surface area (Å²) in [6.07, 6.45) is 6.33. The Balaban J connectivity index is 1.56. The fourth-order valence-corrected chi connectivity index (χ4v) is 3.84. The van der Waals surface area contributed by atoms with Crippen molar-refractivity contribution in [2.45, 2.75) is 0 Å². The number of aromatic amines is 2. The normalized spacial score (nSPS) is 11.5. The Morgan fingerprint density at radius 2 is 1.87 bits per heavy atom. The molecule has 2 N–H and O–H groups in total. The summed E-state index contributed by atoms with van der Waals surface area (Å²) in [7, 11) is 0. The molecule has 0 amide bonds. The number of carbonyl (C=O) groups is 1. The highest BCUT2D eigenvalue weighted by Crippen LogP contribution is 2.32. The molecule has 0 aliphatic carbocycles. The number of aldehydes is 1. The van der Waals surface area contributed by atoms with Gasteiger partial charge in [-0.1, -0.05) is 30.3 Å². The van der Waals surface area contributed by atoms with Crippen LogP contribution in [-0.2, 0) is 0 Å². The number of hydrogen-bond acceptors (Lipinski definition) is 5. The molecule has 0 spiro atoms. The Morgan fingerprint density at radius 1 is 0.933 bits per heavy atom. The molecule has 0 aliphatic heterocycles. The maximum absolute atomic E-state index is 11.3. The van der Waals surface area contributed by atoms with E-state index in [0.717, 1.165) is 39.1 Å². The number of hydrogen-bond donors (Lipinski definition) is 2. The molecule has 30 heavy (non-hydrogen) atoms. The molecule has 4 aromatic heterocycles. The Morgan fingerprint density at radius 3 is 2.80 bits per heavy atom. The van der Waals surface area contributed by atoms with Crippen molar-refractivity contribution in [1.82, 2.24) is 30.1 Å². The third kappa shape index (κ3) is 2.42. The number of pyridine rings is 2. The van der Waals surface area contributed by atoms with Gasteiger partial charge >= 0.3 is 0 Å². The number of fused-ring (bicyclic) bond motifs is 3. The van der Waals surface area contributed by atoms with Gasteiger partial charge < -0.3 is 4.98 Å². The fourth-order valence-electron chi connectivity index (χ4n) is 3.84. The van der Waals surface area contributed by atoms with Crippen LogP contribution in [0, 0.1) is 0 Å². The van der Waals surface area contributed by atoms with E-state index in [2.05, 4.69) is 36.2 Å². The predicted molar refractivity (Wildman–Crippen MR) is 115 cm³/mol. The molecule has 0 bridgehead atoms. The van der Waals surface area contributed by atoms with E-state index in [1.807, 2.05) is 55.0 Å². The first kappa shape index (κ1) is 16.6. The lowest BCUT2D eigenvalue weighted by molar-refractivity contribution is 0.112. The van der Waals surface area contributed by atoms with Crippen LogP contribution >= 0.6 is 0 Å². The first-order valence-electron chi connectivity index (χ1n) is 9.43. The zero-order valence-electron chi connectivity index (χ0n) is 15.6. The van der Waals surface area contributed by atoms with E-state index in [4.69, 9.17) is 0 Å². The van der Waals surface area contributed by atoms with Crippen molar-refractivity contribution < 1.29 is 4.79 Å². The molecule has 2 aromatic carbocycles. The minimum atomic E-state index is 0.537. The van der Waals surface area contributed by atoms with Gasteiger partial charge in [0.1, 0.15) is 5.69 Å². The maximum atomic E-state index is 11.3. The number of para-hydroxylation sites is 1. The van der Waals surface area contributed by atoms with Gasteiger partial charge in [-0.15, -0.1) is 0 Å².